The summed E-state index contributed by atoms with van der Waals surface area (Å²) >= 11 is 0. The maximum atomic E-state index is 10.3. The molecular formula is C21H36O2. The van der Waals surface area contributed by atoms with E-state index in [4.69, 9.17) is 0 Å². The van der Waals surface area contributed by atoms with Crippen molar-refractivity contribution in [2.24, 2.45) is 40.4 Å². The Morgan fingerprint density at radius 1 is 0.870 bits per heavy atom. The summed E-state index contributed by atoms with van der Waals surface area (Å²) in [6, 6.07) is 0. The Morgan fingerprint density at radius 3 is 2.30 bits per heavy atom. The smallest absolute Gasteiger partial charge is 0.0545 e. The molecule has 1 unspecified atom stereocenters. The summed E-state index contributed by atoms with van der Waals surface area (Å²) in [5.41, 5.74) is 0.860. The Hall–Kier alpha value is -0.0800. The van der Waals surface area contributed by atoms with Crippen molar-refractivity contribution in [2.45, 2.75) is 90.8 Å². The van der Waals surface area contributed by atoms with Gasteiger partial charge < -0.3 is 10.2 Å². The molecule has 0 saturated heterocycles. The van der Waals surface area contributed by atoms with E-state index >= 15 is 0 Å². The monoisotopic (exact) mass is 320 g/mol. The molecule has 2 heteroatoms. The first-order valence-corrected chi connectivity index (χ1v) is 10.2. The minimum Gasteiger partial charge on any atom is -0.393 e. The highest BCUT2D eigenvalue weighted by Crippen LogP contribution is 2.67. The van der Waals surface area contributed by atoms with E-state index in [0.717, 1.165) is 36.5 Å². The lowest BCUT2D eigenvalue weighted by Gasteiger charge is -2.61. The van der Waals surface area contributed by atoms with Gasteiger partial charge in [0.15, 0.2) is 0 Å². The molecule has 0 aromatic carbocycles. The fourth-order valence-electron chi connectivity index (χ4n) is 8.07. The summed E-state index contributed by atoms with van der Waals surface area (Å²) < 4.78 is 0. The van der Waals surface area contributed by atoms with Gasteiger partial charge in [-0.15, -0.1) is 0 Å². The summed E-state index contributed by atoms with van der Waals surface area (Å²) in [5.74, 6) is 3.87. The van der Waals surface area contributed by atoms with Gasteiger partial charge in [-0.1, -0.05) is 13.8 Å². The van der Waals surface area contributed by atoms with Gasteiger partial charge in [0.2, 0.25) is 0 Å². The molecule has 0 aliphatic heterocycles. The quantitative estimate of drug-likeness (QED) is 0.752. The normalized spacial score (nSPS) is 57.3. The first-order chi connectivity index (χ1) is 10.9. The van der Waals surface area contributed by atoms with Crippen LogP contribution < -0.4 is 0 Å². The number of hydrogen-bond donors (Lipinski definition) is 2. The second-order valence-electron chi connectivity index (χ2n) is 10.1. The van der Waals surface area contributed by atoms with Crippen LogP contribution in [0.3, 0.4) is 0 Å². The molecule has 4 saturated carbocycles. The average Bonchev–Trinajstić information content (AvgIpc) is 2.85. The Kier molecular flexibility index (Phi) is 3.89. The van der Waals surface area contributed by atoms with Gasteiger partial charge in [-0.3, -0.25) is 0 Å². The van der Waals surface area contributed by atoms with E-state index in [1.54, 1.807) is 0 Å². The molecular weight excluding hydrogens is 284 g/mol. The molecule has 0 bridgehead atoms. The molecule has 2 nitrogen and oxygen atoms in total. The molecule has 0 spiro atoms. The fourth-order valence-corrected chi connectivity index (χ4v) is 8.07. The lowest BCUT2D eigenvalue weighted by Crippen LogP contribution is -2.54. The largest absolute Gasteiger partial charge is 0.393 e. The predicted molar refractivity (Wildman–Crippen MR) is 92.9 cm³/mol. The summed E-state index contributed by atoms with van der Waals surface area (Å²) in [7, 11) is 0. The van der Waals surface area contributed by atoms with E-state index in [0.29, 0.717) is 16.7 Å². The topological polar surface area (TPSA) is 40.5 Å². The van der Waals surface area contributed by atoms with Crippen molar-refractivity contribution in [1.82, 2.24) is 0 Å². The van der Waals surface area contributed by atoms with Gasteiger partial charge in [-0.25, -0.2) is 0 Å². The number of fused-ring (bicyclic) bond motifs is 5. The third-order valence-electron chi connectivity index (χ3n) is 9.29. The van der Waals surface area contributed by atoms with Crippen molar-refractivity contribution >= 4 is 0 Å². The summed E-state index contributed by atoms with van der Waals surface area (Å²) in [6.45, 7) is 7.08. The van der Waals surface area contributed by atoms with Crippen LogP contribution in [-0.2, 0) is 0 Å². The van der Waals surface area contributed by atoms with Crippen LogP contribution in [0.4, 0.5) is 0 Å². The van der Waals surface area contributed by atoms with E-state index in [9.17, 15) is 10.2 Å². The molecule has 0 aromatic heterocycles. The summed E-state index contributed by atoms with van der Waals surface area (Å²) in [4.78, 5) is 0. The lowest BCUT2D eigenvalue weighted by molar-refractivity contribution is -0.132. The van der Waals surface area contributed by atoms with Gasteiger partial charge in [0.25, 0.3) is 0 Å². The predicted octanol–water partition coefficient (Wildman–Crippen LogP) is 4.39. The van der Waals surface area contributed by atoms with E-state index in [1.807, 2.05) is 6.92 Å². The second kappa shape index (κ2) is 5.46. The van der Waals surface area contributed by atoms with Gasteiger partial charge in [0.1, 0.15) is 0 Å². The van der Waals surface area contributed by atoms with Crippen LogP contribution in [0.25, 0.3) is 0 Å². The van der Waals surface area contributed by atoms with Crippen LogP contribution in [-0.4, -0.2) is 22.4 Å². The molecule has 0 aromatic rings. The van der Waals surface area contributed by atoms with Gasteiger partial charge in [0, 0.05) is 0 Å². The van der Waals surface area contributed by atoms with Crippen molar-refractivity contribution in [3.63, 3.8) is 0 Å². The molecule has 4 aliphatic carbocycles. The second-order valence-corrected chi connectivity index (χ2v) is 10.1. The zero-order chi connectivity index (χ0) is 16.4. The molecule has 132 valence electrons. The van der Waals surface area contributed by atoms with E-state index in [2.05, 4.69) is 13.8 Å². The van der Waals surface area contributed by atoms with Crippen LogP contribution in [0.15, 0.2) is 0 Å². The van der Waals surface area contributed by atoms with Gasteiger partial charge in [-0.05, 0) is 105 Å². The molecule has 4 aliphatic rings. The van der Waals surface area contributed by atoms with Crippen molar-refractivity contribution in [3.05, 3.63) is 0 Å². The highest BCUT2D eigenvalue weighted by atomic mass is 16.3. The Balaban J connectivity index is 1.60. The lowest BCUT2D eigenvalue weighted by atomic mass is 9.44. The Morgan fingerprint density at radius 2 is 1.57 bits per heavy atom. The van der Waals surface area contributed by atoms with Gasteiger partial charge in [0.05, 0.1) is 12.2 Å². The average molecular weight is 321 g/mol. The van der Waals surface area contributed by atoms with Crippen LogP contribution >= 0.6 is 0 Å². The summed E-state index contributed by atoms with van der Waals surface area (Å²) in [5, 5.41) is 20.4. The standard InChI is InChI=1S/C21H36O2/c1-13(22)17-6-7-18-16-5-4-14-12-15(23)8-10-20(14,2)19(16)9-11-21(17,18)3/h13-19,22-23H,4-12H2,1-3H3/t13-,14+,15+,16+,17?,18+,19+,20+,21-/m1/s1. The van der Waals surface area contributed by atoms with Crippen LogP contribution in [0.2, 0.25) is 0 Å². The summed E-state index contributed by atoms with van der Waals surface area (Å²) in [6.07, 6.45) is 11.1. The molecule has 0 heterocycles. The number of rotatable bonds is 1. The zero-order valence-corrected chi connectivity index (χ0v) is 15.3. The number of aliphatic hydroxyl groups is 2. The highest BCUT2D eigenvalue weighted by molar-refractivity contribution is 5.09. The third kappa shape index (κ3) is 2.27. The minimum atomic E-state index is -0.140. The maximum absolute atomic E-state index is 10.3. The number of aliphatic hydroxyl groups excluding tert-OH is 2. The van der Waals surface area contributed by atoms with Gasteiger partial charge >= 0.3 is 0 Å². The Labute approximate surface area is 142 Å². The maximum Gasteiger partial charge on any atom is 0.0545 e. The minimum absolute atomic E-state index is 0.0374. The molecule has 23 heavy (non-hydrogen) atoms. The molecule has 2 N–H and O–H groups in total. The van der Waals surface area contributed by atoms with Crippen LogP contribution in [0.1, 0.15) is 78.6 Å². The SMILES string of the molecule is C[C@@H](O)C1CC[C@H]2[C@@H]3CC[C@H]4C[C@@H](O)CC[C@]4(C)[C@H]3CC[C@]12C. The van der Waals surface area contributed by atoms with Gasteiger partial charge in [-0.2, -0.15) is 0 Å². The first-order valence-electron chi connectivity index (χ1n) is 10.2. The number of hydrogen-bond acceptors (Lipinski definition) is 2. The fraction of sp³-hybridized carbons (Fsp3) is 1.00. The van der Waals surface area contributed by atoms with Crippen LogP contribution in [0.5, 0.6) is 0 Å². The van der Waals surface area contributed by atoms with Crippen molar-refractivity contribution < 1.29 is 10.2 Å². The molecule has 9 atom stereocenters. The van der Waals surface area contributed by atoms with Crippen LogP contribution in [0, 0.1) is 40.4 Å². The van der Waals surface area contributed by atoms with Crippen molar-refractivity contribution in [2.75, 3.05) is 0 Å². The molecule has 0 radical (unpaired) electrons. The van der Waals surface area contributed by atoms with Crippen molar-refractivity contribution in [3.8, 4) is 0 Å². The van der Waals surface area contributed by atoms with E-state index < -0.39 is 0 Å². The molecule has 4 rings (SSSR count). The van der Waals surface area contributed by atoms with E-state index in [-0.39, 0.29) is 12.2 Å². The highest BCUT2D eigenvalue weighted by Gasteiger charge is 2.60. The molecule has 0 amide bonds. The van der Waals surface area contributed by atoms with Crippen molar-refractivity contribution in [1.29, 1.82) is 0 Å². The first kappa shape index (κ1) is 16.4. The molecule has 4 fully saturated rings. The zero-order valence-electron chi connectivity index (χ0n) is 15.3. The Bertz CT molecular complexity index is 461. The van der Waals surface area contributed by atoms with E-state index in [1.165, 1.54) is 44.9 Å². The third-order valence-corrected chi connectivity index (χ3v) is 9.29.